The molecule has 0 heterocycles. The number of hydrogen-bond donors (Lipinski definition) is 0. The molecule has 0 N–H and O–H groups in total. The molecular formula is C15H12ClF3O2. The monoisotopic (exact) mass is 316 g/mol. The van der Waals surface area contributed by atoms with E-state index in [9.17, 15) is 13.2 Å². The summed E-state index contributed by atoms with van der Waals surface area (Å²) >= 11 is 5.51. The van der Waals surface area contributed by atoms with Crippen LogP contribution >= 0.6 is 11.6 Å². The number of ether oxygens (including phenoxy) is 2. The third-order valence-corrected chi connectivity index (χ3v) is 3.16. The first-order valence-corrected chi connectivity index (χ1v) is 6.58. The molecule has 6 heteroatoms. The van der Waals surface area contributed by atoms with E-state index >= 15 is 0 Å². The molecule has 2 aromatic carbocycles. The molecule has 0 saturated heterocycles. The first-order valence-electron chi connectivity index (χ1n) is 6.05. The van der Waals surface area contributed by atoms with Crippen LogP contribution in [0.3, 0.4) is 0 Å². The minimum absolute atomic E-state index is 0.0152. The van der Waals surface area contributed by atoms with Gasteiger partial charge in [-0.2, -0.15) is 0 Å². The van der Waals surface area contributed by atoms with Crippen LogP contribution in [0.1, 0.15) is 11.1 Å². The van der Waals surface area contributed by atoms with Gasteiger partial charge in [0.15, 0.2) is 29.0 Å². The lowest BCUT2D eigenvalue weighted by atomic mass is 10.2. The van der Waals surface area contributed by atoms with Crippen molar-refractivity contribution in [1.82, 2.24) is 0 Å². The Balaban J connectivity index is 2.21. The fourth-order valence-corrected chi connectivity index (χ4v) is 1.96. The Morgan fingerprint density at radius 2 is 1.76 bits per heavy atom. The molecule has 0 aliphatic rings. The van der Waals surface area contributed by atoms with Crippen molar-refractivity contribution >= 4 is 11.6 Å². The van der Waals surface area contributed by atoms with Gasteiger partial charge >= 0.3 is 0 Å². The quantitative estimate of drug-likeness (QED) is 0.760. The minimum Gasteiger partial charge on any atom is -0.494 e. The molecule has 0 fully saturated rings. The Kier molecular flexibility index (Phi) is 4.96. The van der Waals surface area contributed by atoms with Gasteiger partial charge in [0.05, 0.1) is 7.11 Å². The Bertz CT molecular complexity index is 624. The number of rotatable bonds is 5. The first kappa shape index (κ1) is 15.5. The van der Waals surface area contributed by atoms with Gasteiger partial charge in [-0.25, -0.2) is 13.2 Å². The summed E-state index contributed by atoms with van der Waals surface area (Å²) in [6.45, 7) is -0.322. The summed E-state index contributed by atoms with van der Waals surface area (Å²) in [5.41, 5.74) is 0.432. The van der Waals surface area contributed by atoms with Gasteiger partial charge in [0, 0.05) is 11.4 Å². The van der Waals surface area contributed by atoms with Crippen LogP contribution in [-0.4, -0.2) is 7.11 Å². The topological polar surface area (TPSA) is 18.5 Å². The van der Waals surface area contributed by atoms with E-state index in [1.165, 1.54) is 19.2 Å². The van der Waals surface area contributed by atoms with E-state index in [-0.39, 0.29) is 23.8 Å². The summed E-state index contributed by atoms with van der Waals surface area (Å²) < 4.78 is 51.2. The largest absolute Gasteiger partial charge is 0.494 e. The summed E-state index contributed by atoms with van der Waals surface area (Å²) in [5, 5.41) is 0. The summed E-state index contributed by atoms with van der Waals surface area (Å²) in [5.74, 6) is -2.93. The average Bonchev–Trinajstić information content (AvgIpc) is 2.47. The molecule has 0 bridgehead atoms. The Hall–Kier alpha value is -1.88. The maximum atomic E-state index is 13.9. The fourth-order valence-electron chi connectivity index (χ4n) is 1.80. The molecule has 0 aliphatic heterocycles. The van der Waals surface area contributed by atoms with Gasteiger partial charge in [0.2, 0.25) is 0 Å². The van der Waals surface area contributed by atoms with Crippen LogP contribution in [0, 0.1) is 17.5 Å². The van der Waals surface area contributed by atoms with E-state index in [0.29, 0.717) is 5.56 Å². The number of benzene rings is 2. The zero-order chi connectivity index (χ0) is 15.4. The van der Waals surface area contributed by atoms with Crippen molar-refractivity contribution in [2.24, 2.45) is 0 Å². The smallest absolute Gasteiger partial charge is 0.191 e. The van der Waals surface area contributed by atoms with E-state index in [4.69, 9.17) is 21.1 Å². The average molecular weight is 317 g/mol. The van der Waals surface area contributed by atoms with E-state index < -0.39 is 23.2 Å². The van der Waals surface area contributed by atoms with Crippen molar-refractivity contribution in [3.8, 4) is 11.5 Å². The highest BCUT2D eigenvalue weighted by atomic mass is 35.5. The van der Waals surface area contributed by atoms with Crippen molar-refractivity contribution in [2.75, 3.05) is 7.11 Å². The van der Waals surface area contributed by atoms with Crippen molar-refractivity contribution in [2.45, 2.75) is 12.5 Å². The lowest BCUT2D eigenvalue weighted by Crippen LogP contribution is -2.03. The standard InChI is InChI=1S/C15H12ClF3O2/c1-20-13-4-2-3-10(14(13)19)8-21-15-11(17)5-9(7-16)6-12(15)18/h2-6H,7-8H2,1H3. The van der Waals surface area contributed by atoms with Gasteiger partial charge in [0.1, 0.15) is 6.61 Å². The maximum absolute atomic E-state index is 13.9. The van der Waals surface area contributed by atoms with Crippen LogP contribution in [0.4, 0.5) is 13.2 Å². The normalized spacial score (nSPS) is 10.5. The zero-order valence-electron chi connectivity index (χ0n) is 11.1. The molecule has 0 aliphatic carbocycles. The summed E-state index contributed by atoms with van der Waals surface area (Å²) in [6, 6.07) is 6.60. The molecule has 0 aromatic heterocycles. The van der Waals surface area contributed by atoms with Crippen molar-refractivity contribution in [3.63, 3.8) is 0 Å². The van der Waals surface area contributed by atoms with Crippen molar-refractivity contribution in [1.29, 1.82) is 0 Å². The van der Waals surface area contributed by atoms with E-state index in [1.807, 2.05) is 0 Å². The lowest BCUT2D eigenvalue weighted by Gasteiger charge is -2.11. The summed E-state index contributed by atoms with van der Waals surface area (Å²) in [4.78, 5) is 0. The SMILES string of the molecule is COc1cccc(COc2c(F)cc(CCl)cc2F)c1F. The van der Waals surface area contributed by atoms with Gasteiger partial charge in [-0.1, -0.05) is 12.1 Å². The number of alkyl halides is 1. The molecule has 112 valence electrons. The van der Waals surface area contributed by atoms with Gasteiger partial charge in [-0.05, 0) is 23.8 Å². The summed E-state index contributed by atoms with van der Waals surface area (Å²) in [7, 11) is 1.33. The number of halogens is 4. The molecule has 0 spiro atoms. The van der Waals surface area contributed by atoms with Crippen molar-refractivity contribution < 1.29 is 22.6 Å². The highest BCUT2D eigenvalue weighted by Gasteiger charge is 2.15. The van der Waals surface area contributed by atoms with Crippen LogP contribution in [-0.2, 0) is 12.5 Å². The Morgan fingerprint density at radius 1 is 1.10 bits per heavy atom. The Morgan fingerprint density at radius 3 is 2.33 bits per heavy atom. The second-order valence-corrected chi connectivity index (χ2v) is 4.51. The molecule has 2 rings (SSSR count). The first-order chi connectivity index (χ1) is 10.1. The van der Waals surface area contributed by atoms with Crippen molar-refractivity contribution in [3.05, 3.63) is 58.9 Å². The molecule has 0 unspecified atom stereocenters. The Labute approximate surface area is 125 Å². The molecule has 21 heavy (non-hydrogen) atoms. The van der Waals surface area contributed by atoms with Gasteiger partial charge in [-0.3, -0.25) is 0 Å². The van der Waals surface area contributed by atoms with Gasteiger partial charge < -0.3 is 9.47 Å². The number of hydrogen-bond acceptors (Lipinski definition) is 2. The molecule has 2 nitrogen and oxygen atoms in total. The summed E-state index contributed by atoms with van der Waals surface area (Å²) in [6.07, 6.45) is 0. The molecular weight excluding hydrogens is 305 g/mol. The van der Waals surface area contributed by atoms with E-state index in [0.717, 1.165) is 12.1 Å². The fraction of sp³-hybridized carbons (Fsp3) is 0.200. The molecule has 0 saturated carbocycles. The van der Waals surface area contributed by atoms with Crippen LogP contribution in [0.15, 0.2) is 30.3 Å². The predicted molar refractivity (Wildman–Crippen MR) is 73.2 cm³/mol. The minimum atomic E-state index is -0.881. The van der Waals surface area contributed by atoms with E-state index in [2.05, 4.69) is 0 Å². The third-order valence-electron chi connectivity index (χ3n) is 2.85. The van der Waals surface area contributed by atoms with Crippen LogP contribution in [0.5, 0.6) is 11.5 Å². The lowest BCUT2D eigenvalue weighted by molar-refractivity contribution is 0.267. The van der Waals surface area contributed by atoms with Crippen LogP contribution < -0.4 is 9.47 Å². The molecule has 0 atom stereocenters. The molecule has 2 aromatic rings. The second kappa shape index (κ2) is 6.72. The maximum Gasteiger partial charge on any atom is 0.191 e. The zero-order valence-corrected chi connectivity index (χ0v) is 11.9. The third kappa shape index (κ3) is 3.42. The van der Waals surface area contributed by atoms with Crippen LogP contribution in [0.25, 0.3) is 0 Å². The molecule has 0 radical (unpaired) electrons. The highest BCUT2D eigenvalue weighted by Crippen LogP contribution is 2.26. The highest BCUT2D eigenvalue weighted by molar-refractivity contribution is 6.17. The molecule has 0 amide bonds. The van der Waals surface area contributed by atoms with E-state index in [1.54, 1.807) is 6.07 Å². The van der Waals surface area contributed by atoms with Crippen LogP contribution in [0.2, 0.25) is 0 Å². The van der Waals surface area contributed by atoms with Gasteiger partial charge in [-0.15, -0.1) is 11.6 Å². The second-order valence-electron chi connectivity index (χ2n) is 4.24. The number of methoxy groups -OCH3 is 1. The predicted octanol–water partition coefficient (Wildman–Crippen LogP) is 4.43. The van der Waals surface area contributed by atoms with Gasteiger partial charge in [0.25, 0.3) is 0 Å².